The number of aromatic nitrogens is 3. The number of piperidine rings is 1. The molecule has 1 fully saturated rings. The van der Waals surface area contributed by atoms with Gasteiger partial charge >= 0.3 is 0 Å². The Labute approximate surface area is 153 Å². The van der Waals surface area contributed by atoms with Crippen LogP contribution in [0.5, 0.6) is 5.88 Å². The molecule has 4 rings (SSSR count). The molecule has 3 heterocycles. The van der Waals surface area contributed by atoms with Crippen LogP contribution < -0.4 is 10.0 Å². The lowest BCUT2D eigenvalue weighted by Gasteiger charge is -2.22. The van der Waals surface area contributed by atoms with E-state index in [1.807, 2.05) is 19.1 Å². The Morgan fingerprint density at radius 1 is 1.23 bits per heavy atom. The molecule has 0 spiro atoms. The molecule has 6 heteroatoms. The van der Waals surface area contributed by atoms with E-state index in [2.05, 4.69) is 15.0 Å². The zero-order valence-electron chi connectivity index (χ0n) is 15.7. The number of hydrogen-bond acceptors (Lipinski definition) is 5. The summed E-state index contributed by atoms with van der Waals surface area (Å²) in [5.74, 6) is 0.459. The number of aryl methyl sites for hydroxylation is 1. The van der Waals surface area contributed by atoms with E-state index in [4.69, 9.17) is 6.15 Å². The topological polar surface area (TPSA) is 59.9 Å². The van der Waals surface area contributed by atoms with Crippen LogP contribution in [0.25, 0.3) is 11.0 Å². The summed E-state index contributed by atoms with van der Waals surface area (Å²) >= 11 is 0. The third-order valence-electron chi connectivity index (χ3n) is 4.64. The number of nitrogens with one attached hydrogen (secondary N) is 1. The monoisotopic (exact) mass is 353 g/mol. The average molecular weight is 353 g/mol. The minimum Gasteiger partial charge on any atom is -0.473 e. The molecule has 134 valence electrons. The molecule has 1 aliphatic heterocycles. The maximum absolute atomic E-state index is 14.3. The molecule has 1 aromatic carbocycles. The van der Waals surface area contributed by atoms with Crippen LogP contribution in [0.4, 0.5) is 4.39 Å². The first-order valence-corrected chi connectivity index (χ1v) is 8.84. The van der Waals surface area contributed by atoms with Gasteiger partial charge in [0.2, 0.25) is 5.88 Å². The smallest absolute Gasteiger partial charge is 0.213 e. The van der Waals surface area contributed by atoms with Gasteiger partial charge in [-0.3, -0.25) is 4.98 Å². The number of nitrogens with zero attached hydrogens (tertiary/aromatic N) is 3. The van der Waals surface area contributed by atoms with Crippen LogP contribution in [-0.4, -0.2) is 28.0 Å². The van der Waals surface area contributed by atoms with Gasteiger partial charge in [-0.25, -0.2) is 14.4 Å². The summed E-state index contributed by atoms with van der Waals surface area (Å²) in [5.41, 5.74) is 3.37. The SMILES string of the molecule is [2H]N1CCC(c2cccc(OCc3cc4nc(C)cnc4cc3F)n2)CC1. The second-order valence-corrected chi connectivity index (χ2v) is 6.58. The van der Waals surface area contributed by atoms with Crippen molar-refractivity contribution in [1.29, 1.82) is 0 Å². The highest BCUT2D eigenvalue weighted by molar-refractivity contribution is 5.75. The Morgan fingerprint density at radius 3 is 2.92 bits per heavy atom. The molecular formula is C20H21FN4O. The Bertz CT molecular complexity index is 960. The predicted molar refractivity (Wildman–Crippen MR) is 97.6 cm³/mol. The van der Waals surface area contributed by atoms with Crippen molar-refractivity contribution in [3.8, 4) is 5.88 Å². The fourth-order valence-electron chi connectivity index (χ4n) is 3.22. The van der Waals surface area contributed by atoms with Gasteiger partial charge in [-0.1, -0.05) is 6.07 Å². The van der Waals surface area contributed by atoms with Gasteiger partial charge in [0.1, 0.15) is 13.8 Å². The Morgan fingerprint density at radius 2 is 2.08 bits per heavy atom. The first-order valence-electron chi connectivity index (χ1n) is 9.28. The molecule has 5 nitrogen and oxygen atoms in total. The number of rotatable bonds is 4. The molecule has 3 aromatic rings. The largest absolute Gasteiger partial charge is 0.473 e. The predicted octanol–water partition coefficient (Wildman–Crippen LogP) is 3.52. The second kappa shape index (κ2) is 7.33. The van der Waals surface area contributed by atoms with E-state index < -0.39 is 0 Å². The highest BCUT2D eigenvalue weighted by Crippen LogP contribution is 2.25. The Hall–Kier alpha value is -2.60. The summed E-state index contributed by atoms with van der Waals surface area (Å²) in [6.45, 7) is 3.44. The van der Waals surface area contributed by atoms with E-state index in [9.17, 15) is 4.39 Å². The van der Waals surface area contributed by atoms with Crippen LogP contribution in [0.1, 0.15) is 35.7 Å². The molecule has 0 amide bonds. The summed E-state index contributed by atoms with van der Waals surface area (Å²) in [6.07, 6.45) is 3.45. The molecule has 1 N–H and O–H groups in total. The molecule has 2 aromatic heterocycles. The van der Waals surface area contributed by atoms with Gasteiger partial charge in [-0.05, 0) is 45.0 Å². The molecule has 0 bridgehead atoms. The van der Waals surface area contributed by atoms with Gasteiger partial charge in [0, 0.05) is 35.5 Å². The van der Waals surface area contributed by atoms with E-state index in [0.717, 1.165) is 37.3 Å². The molecule has 26 heavy (non-hydrogen) atoms. The molecule has 0 unspecified atom stereocenters. The van der Waals surface area contributed by atoms with E-state index in [1.54, 1.807) is 23.6 Å². The van der Waals surface area contributed by atoms with Gasteiger partial charge in [0.15, 0.2) is 0 Å². The summed E-state index contributed by atoms with van der Waals surface area (Å²) in [4.78, 5) is 13.2. The standard InChI is InChI=1S/C20H21FN4O/c1-13-11-23-18-10-16(21)15(9-19(18)24-13)12-26-20-4-2-3-17(25-20)14-5-7-22-8-6-14/h2-4,9-11,14,22H,5-8,12H2,1H3/i/hD. The van der Waals surface area contributed by atoms with E-state index in [-0.39, 0.29) is 12.4 Å². The van der Waals surface area contributed by atoms with Crippen molar-refractivity contribution in [3.63, 3.8) is 0 Å². The van der Waals surface area contributed by atoms with Crippen molar-refractivity contribution < 1.29 is 10.5 Å². The number of hydrogen-bond donors (Lipinski definition) is 1. The minimum atomic E-state index is -0.361. The van der Waals surface area contributed by atoms with E-state index >= 15 is 0 Å². The number of halogens is 1. The second-order valence-electron chi connectivity index (χ2n) is 6.58. The molecule has 0 saturated carbocycles. The van der Waals surface area contributed by atoms with Crippen molar-refractivity contribution in [2.75, 3.05) is 13.1 Å². The Balaban J connectivity index is 1.49. The van der Waals surface area contributed by atoms with Crippen LogP contribution in [0, 0.1) is 12.7 Å². The molecule has 1 saturated heterocycles. The number of fused-ring (bicyclic) bond motifs is 1. The summed E-state index contributed by atoms with van der Waals surface area (Å²) in [7, 11) is 0. The van der Waals surface area contributed by atoms with Gasteiger partial charge in [-0.15, -0.1) is 0 Å². The summed E-state index contributed by atoms with van der Waals surface area (Å²) < 4.78 is 27.8. The third-order valence-corrected chi connectivity index (χ3v) is 4.64. The van der Waals surface area contributed by atoms with Crippen LogP contribution in [0.15, 0.2) is 36.5 Å². The van der Waals surface area contributed by atoms with Gasteiger partial charge in [-0.2, -0.15) is 0 Å². The van der Waals surface area contributed by atoms with Crippen molar-refractivity contribution in [3.05, 3.63) is 59.3 Å². The summed E-state index contributed by atoms with van der Waals surface area (Å²) in [6, 6.07) is 8.76. The summed E-state index contributed by atoms with van der Waals surface area (Å²) in [5, 5.41) is 1.59. The molecule has 0 radical (unpaired) electrons. The zero-order valence-corrected chi connectivity index (χ0v) is 14.7. The van der Waals surface area contributed by atoms with Crippen LogP contribution in [-0.2, 0) is 6.61 Å². The van der Waals surface area contributed by atoms with Gasteiger partial charge < -0.3 is 10.0 Å². The maximum atomic E-state index is 14.3. The number of pyridine rings is 1. The van der Waals surface area contributed by atoms with Crippen molar-refractivity contribution >= 4 is 11.0 Å². The number of ether oxygens (including phenoxy) is 1. The highest BCUT2D eigenvalue weighted by Gasteiger charge is 2.17. The molecule has 0 atom stereocenters. The van der Waals surface area contributed by atoms with Crippen LogP contribution in [0.3, 0.4) is 0 Å². The normalized spacial score (nSPS) is 16.6. The minimum absolute atomic E-state index is 0.0824. The highest BCUT2D eigenvalue weighted by atomic mass is 19.1. The third kappa shape index (κ3) is 3.65. The average Bonchev–Trinajstić information content (AvgIpc) is 2.67. The van der Waals surface area contributed by atoms with E-state index in [0.29, 0.717) is 28.4 Å². The zero-order chi connectivity index (χ0) is 18.8. The fraction of sp³-hybridized carbons (Fsp3) is 0.350. The lowest BCUT2D eigenvalue weighted by molar-refractivity contribution is 0.286. The van der Waals surface area contributed by atoms with Crippen molar-refractivity contribution in [2.45, 2.75) is 32.3 Å². The molecule has 1 aliphatic rings. The van der Waals surface area contributed by atoms with Crippen molar-refractivity contribution in [2.24, 2.45) is 0 Å². The Kier molecular flexibility index (Phi) is 4.41. The van der Waals surface area contributed by atoms with Crippen LogP contribution in [0.2, 0.25) is 1.41 Å². The fourth-order valence-corrected chi connectivity index (χ4v) is 3.22. The first kappa shape index (κ1) is 15.6. The van der Waals surface area contributed by atoms with Gasteiger partial charge in [0.25, 0.3) is 0 Å². The maximum Gasteiger partial charge on any atom is 0.213 e. The lowest BCUT2D eigenvalue weighted by Crippen LogP contribution is -2.27. The van der Waals surface area contributed by atoms with Crippen molar-refractivity contribution in [1.82, 2.24) is 20.3 Å². The number of benzene rings is 1. The van der Waals surface area contributed by atoms with E-state index in [1.165, 1.54) is 6.07 Å². The molecular weight excluding hydrogens is 331 g/mol. The molecule has 0 aliphatic carbocycles. The lowest BCUT2D eigenvalue weighted by atomic mass is 9.94. The first-order chi connectivity index (χ1) is 13.1. The quantitative estimate of drug-likeness (QED) is 0.778. The van der Waals surface area contributed by atoms with Crippen LogP contribution >= 0.6 is 0 Å². The van der Waals surface area contributed by atoms with Gasteiger partial charge in [0.05, 0.1) is 16.7 Å².